The smallest absolute Gasteiger partial charge is 0.340 e. The van der Waals surface area contributed by atoms with Crippen LogP contribution in [0.4, 0.5) is 32.3 Å². The van der Waals surface area contributed by atoms with Gasteiger partial charge in [0.1, 0.15) is 11.5 Å². The van der Waals surface area contributed by atoms with Gasteiger partial charge in [-0.2, -0.15) is 0 Å². The Balaban J connectivity index is 1.15. The van der Waals surface area contributed by atoms with Gasteiger partial charge in [-0.3, -0.25) is 10.8 Å². The number of rotatable bonds is 6. The number of hydrogen-bond donors (Lipinski definition) is 2. The summed E-state index contributed by atoms with van der Waals surface area (Å²) in [6.45, 7) is 3.91. The maximum atomic E-state index is 13.2. The van der Waals surface area contributed by atoms with E-state index in [1.807, 2.05) is 38.1 Å². The van der Waals surface area contributed by atoms with Crippen molar-refractivity contribution in [2.45, 2.75) is 13.8 Å². The van der Waals surface area contributed by atoms with E-state index in [2.05, 4.69) is 0 Å². The van der Waals surface area contributed by atoms with Crippen LogP contribution in [0.3, 0.4) is 0 Å². The first-order chi connectivity index (χ1) is 20.6. The van der Waals surface area contributed by atoms with Crippen molar-refractivity contribution in [3.63, 3.8) is 0 Å². The summed E-state index contributed by atoms with van der Waals surface area (Å²) in [5.41, 5.74) is 4.27. The van der Waals surface area contributed by atoms with Crippen LogP contribution in [0, 0.1) is 24.7 Å². The van der Waals surface area contributed by atoms with Crippen molar-refractivity contribution < 1.29 is 14.3 Å². The Labute approximate surface area is 258 Å². The number of amidine groups is 2. The summed E-state index contributed by atoms with van der Waals surface area (Å²) in [6.07, 6.45) is 0. The number of nitrogens with zero attached hydrogens (tertiary/aromatic N) is 4. The molecule has 0 aliphatic carbocycles. The number of thiocarbonyl (C=S) groups is 2. The van der Waals surface area contributed by atoms with E-state index in [1.165, 1.54) is 19.6 Å². The monoisotopic (exact) mass is 604 g/mol. The summed E-state index contributed by atoms with van der Waals surface area (Å²) < 4.78 is 5.98. The zero-order valence-electron chi connectivity index (χ0n) is 23.1. The maximum absolute atomic E-state index is 13.2. The number of benzene rings is 4. The second-order valence-corrected chi connectivity index (χ2v) is 10.7. The standard InChI is InChI=1S/C32H24N6O3S2/c1-19-3-7-23(8-4-19)37-29(42)27(33)35(31(37)39)21-11-15-25(16-12-21)41-26-17-13-22(14-18-26)36-28(34)30(43)38(32(36)40)24-9-5-20(2)6-10-24/h3-18,33-34H,1-2H3. The lowest BCUT2D eigenvalue weighted by atomic mass is 10.2. The summed E-state index contributed by atoms with van der Waals surface area (Å²) in [6, 6.07) is 27.4. The Hall–Kier alpha value is -5.26. The van der Waals surface area contributed by atoms with Gasteiger partial charge >= 0.3 is 12.1 Å². The molecule has 2 aliphatic heterocycles. The lowest BCUT2D eigenvalue weighted by Gasteiger charge is -2.18. The van der Waals surface area contributed by atoms with Crippen LogP contribution in [0.1, 0.15) is 11.1 Å². The first-order valence-corrected chi connectivity index (χ1v) is 14.0. The van der Waals surface area contributed by atoms with Gasteiger partial charge in [-0.25, -0.2) is 29.2 Å². The van der Waals surface area contributed by atoms with Gasteiger partial charge in [0.15, 0.2) is 21.6 Å². The van der Waals surface area contributed by atoms with Gasteiger partial charge in [-0.15, -0.1) is 0 Å². The summed E-state index contributed by atoms with van der Waals surface area (Å²) in [5.74, 6) is 0.855. The minimum absolute atomic E-state index is 0.0766. The molecule has 0 saturated carbocycles. The highest BCUT2D eigenvalue weighted by atomic mass is 32.1. The van der Waals surface area contributed by atoms with E-state index in [0.29, 0.717) is 34.2 Å². The van der Waals surface area contributed by atoms with Crippen molar-refractivity contribution in [1.82, 2.24) is 0 Å². The molecule has 2 N–H and O–H groups in total. The number of ether oxygens (including phenoxy) is 1. The summed E-state index contributed by atoms with van der Waals surface area (Å²) in [5, 5.41) is 16.9. The van der Waals surface area contributed by atoms with Gasteiger partial charge in [0, 0.05) is 0 Å². The Kier molecular flexibility index (Phi) is 7.04. The van der Waals surface area contributed by atoms with Crippen molar-refractivity contribution in [2.24, 2.45) is 0 Å². The Morgan fingerprint density at radius 1 is 0.488 bits per heavy atom. The highest BCUT2D eigenvalue weighted by molar-refractivity contribution is 7.83. The van der Waals surface area contributed by atoms with Crippen LogP contribution >= 0.6 is 24.4 Å². The molecule has 0 atom stereocenters. The topological polar surface area (TPSA) is 104 Å². The highest BCUT2D eigenvalue weighted by Crippen LogP contribution is 2.33. The van der Waals surface area contributed by atoms with Crippen LogP contribution in [-0.2, 0) is 0 Å². The number of aryl methyl sites for hydroxylation is 2. The SMILES string of the molecule is Cc1ccc(N2C(=O)N(c3ccc(Oc4ccc(N5C(=N)C(=S)N(c6ccc(C)cc6)C5=O)cc4)cc3)C(=N)C2=S)cc1. The lowest BCUT2D eigenvalue weighted by molar-refractivity contribution is 0.256. The third kappa shape index (κ3) is 4.94. The number of nitrogens with one attached hydrogen (secondary N) is 2. The lowest BCUT2D eigenvalue weighted by Crippen LogP contribution is -2.33. The van der Waals surface area contributed by atoms with E-state index in [-0.39, 0.29) is 21.6 Å². The summed E-state index contributed by atoms with van der Waals surface area (Å²) >= 11 is 10.8. The first-order valence-electron chi connectivity index (χ1n) is 13.2. The van der Waals surface area contributed by atoms with Crippen LogP contribution in [0.25, 0.3) is 0 Å². The van der Waals surface area contributed by atoms with Gasteiger partial charge in [0.2, 0.25) is 0 Å². The fourth-order valence-electron chi connectivity index (χ4n) is 4.75. The molecular weight excluding hydrogens is 581 g/mol. The van der Waals surface area contributed by atoms with E-state index >= 15 is 0 Å². The van der Waals surface area contributed by atoms with E-state index in [0.717, 1.165) is 11.1 Å². The molecule has 4 aromatic rings. The molecular formula is C32H24N6O3S2. The number of hydrogen-bond acceptors (Lipinski definition) is 7. The number of carbonyl (C=O) groups is 2. The quantitative estimate of drug-likeness (QED) is 0.221. The molecule has 11 heteroatoms. The van der Waals surface area contributed by atoms with Crippen molar-refractivity contribution in [1.29, 1.82) is 10.8 Å². The van der Waals surface area contributed by atoms with Crippen LogP contribution < -0.4 is 24.3 Å². The molecule has 2 aliphatic rings. The first kappa shape index (κ1) is 27.9. The average molecular weight is 605 g/mol. The molecule has 0 radical (unpaired) electrons. The molecule has 9 nitrogen and oxygen atoms in total. The van der Waals surface area contributed by atoms with Crippen LogP contribution in [0.15, 0.2) is 97.1 Å². The molecule has 43 heavy (non-hydrogen) atoms. The molecule has 0 aromatic heterocycles. The van der Waals surface area contributed by atoms with Crippen molar-refractivity contribution in [3.05, 3.63) is 108 Å². The summed E-state index contributed by atoms with van der Waals surface area (Å²) in [4.78, 5) is 32.0. The Morgan fingerprint density at radius 2 is 0.767 bits per heavy atom. The van der Waals surface area contributed by atoms with E-state index in [4.69, 9.17) is 40.0 Å². The van der Waals surface area contributed by atoms with Gasteiger partial charge in [-0.05, 0) is 86.6 Å². The molecule has 2 fully saturated rings. The predicted octanol–water partition coefficient (Wildman–Crippen LogP) is 7.60. The van der Waals surface area contributed by atoms with Crippen LogP contribution in [0.2, 0.25) is 0 Å². The number of amides is 4. The molecule has 4 aromatic carbocycles. The molecule has 212 valence electrons. The number of anilines is 4. The fraction of sp³-hybridized carbons (Fsp3) is 0.0625. The molecule has 0 unspecified atom stereocenters. The third-order valence-electron chi connectivity index (χ3n) is 7.03. The molecule has 0 bridgehead atoms. The minimum Gasteiger partial charge on any atom is -0.457 e. The van der Waals surface area contributed by atoms with Gasteiger partial charge in [0.05, 0.1) is 22.7 Å². The second kappa shape index (κ2) is 10.9. The van der Waals surface area contributed by atoms with Crippen molar-refractivity contribution in [2.75, 3.05) is 19.6 Å². The zero-order chi connectivity index (χ0) is 30.4. The molecule has 2 heterocycles. The number of carbonyl (C=O) groups excluding carboxylic acids is 2. The molecule has 6 rings (SSSR count). The van der Waals surface area contributed by atoms with Gasteiger partial charge in [0.25, 0.3) is 0 Å². The maximum Gasteiger partial charge on any atom is 0.340 e. The van der Waals surface area contributed by atoms with Crippen molar-refractivity contribution in [3.8, 4) is 11.5 Å². The van der Waals surface area contributed by atoms with Gasteiger partial charge < -0.3 is 4.74 Å². The number of urea groups is 2. The zero-order valence-corrected chi connectivity index (χ0v) is 24.7. The van der Waals surface area contributed by atoms with E-state index in [1.54, 1.807) is 72.8 Å². The Morgan fingerprint density at radius 3 is 1.09 bits per heavy atom. The average Bonchev–Trinajstić information content (AvgIpc) is 3.36. The molecule has 2 saturated heterocycles. The van der Waals surface area contributed by atoms with E-state index < -0.39 is 12.1 Å². The van der Waals surface area contributed by atoms with Gasteiger partial charge in [-0.1, -0.05) is 59.8 Å². The largest absolute Gasteiger partial charge is 0.457 e. The third-order valence-corrected chi connectivity index (χ3v) is 7.79. The predicted molar refractivity (Wildman–Crippen MR) is 177 cm³/mol. The highest BCUT2D eigenvalue weighted by Gasteiger charge is 2.41. The van der Waals surface area contributed by atoms with Crippen LogP contribution in [-0.4, -0.2) is 33.7 Å². The molecule has 0 spiro atoms. The second-order valence-electron chi connectivity index (χ2n) is 9.98. The Bertz CT molecular complexity index is 1690. The minimum atomic E-state index is -0.425. The molecule has 4 amide bonds. The fourth-order valence-corrected chi connectivity index (χ4v) is 5.30. The van der Waals surface area contributed by atoms with Crippen LogP contribution in [0.5, 0.6) is 11.5 Å². The summed E-state index contributed by atoms with van der Waals surface area (Å²) in [7, 11) is 0. The van der Waals surface area contributed by atoms with Crippen molar-refractivity contribution >= 4 is 80.9 Å². The normalized spacial score (nSPS) is 15.3. The van der Waals surface area contributed by atoms with E-state index in [9.17, 15) is 9.59 Å².